The van der Waals surface area contributed by atoms with Crippen molar-refractivity contribution in [3.8, 4) is 11.5 Å². The van der Waals surface area contributed by atoms with Gasteiger partial charge in [-0.25, -0.2) is 15.0 Å². The Hall–Kier alpha value is -3.35. The van der Waals surface area contributed by atoms with Gasteiger partial charge >= 0.3 is 0 Å². The van der Waals surface area contributed by atoms with Gasteiger partial charge in [0.25, 0.3) is 5.56 Å². The normalized spacial score (nSPS) is 11.0. The predicted molar refractivity (Wildman–Crippen MR) is 84.8 cm³/mol. The van der Waals surface area contributed by atoms with Crippen LogP contribution in [-0.4, -0.2) is 29.1 Å². The van der Waals surface area contributed by atoms with Crippen LogP contribution in [0.1, 0.15) is 5.82 Å². The second-order valence-corrected chi connectivity index (χ2v) is 5.01. The quantitative estimate of drug-likeness (QED) is 0.563. The second-order valence-electron chi connectivity index (χ2n) is 5.01. The molecule has 0 aliphatic rings. The fourth-order valence-corrected chi connectivity index (χ4v) is 2.50. The van der Waals surface area contributed by atoms with Crippen LogP contribution < -0.4 is 5.56 Å². The van der Waals surface area contributed by atoms with E-state index in [1.165, 1.54) is 4.57 Å². The highest BCUT2D eigenvalue weighted by atomic mass is 16.1. The lowest BCUT2D eigenvalue weighted by molar-refractivity contribution is 0.883. The second kappa shape index (κ2) is 5.13. The van der Waals surface area contributed by atoms with Gasteiger partial charge in [0.1, 0.15) is 18.0 Å². The first-order valence-electron chi connectivity index (χ1n) is 7.03. The van der Waals surface area contributed by atoms with Gasteiger partial charge in [0.2, 0.25) is 0 Å². The molecule has 0 atom stereocenters. The van der Waals surface area contributed by atoms with Crippen LogP contribution in [-0.2, 0) is 0 Å². The van der Waals surface area contributed by atoms with Gasteiger partial charge in [0, 0.05) is 24.8 Å². The molecule has 4 rings (SSSR count). The molecule has 0 aliphatic heterocycles. The van der Waals surface area contributed by atoms with E-state index in [1.54, 1.807) is 60.8 Å². The molecular formula is C16H12N6O. The third-order valence-electron chi connectivity index (χ3n) is 3.56. The molecule has 0 unspecified atom stereocenters. The smallest absolute Gasteiger partial charge is 0.284 e. The van der Waals surface area contributed by atoms with Gasteiger partial charge in [-0.3, -0.25) is 18.9 Å². The van der Waals surface area contributed by atoms with Gasteiger partial charge in [-0.2, -0.15) is 0 Å². The van der Waals surface area contributed by atoms with Crippen molar-refractivity contribution < 1.29 is 0 Å². The summed E-state index contributed by atoms with van der Waals surface area (Å²) < 4.78 is 3.28. The van der Waals surface area contributed by atoms with Gasteiger partial charge in [-0.15, -0.1) is 0 Å². The fraction of sp³-hybridized carbons (Fsp3) is 0.0625. The Bertz CT molecular complexity index is 1040. The van der Waals surface area contributed by atoms with E-state index in [-0.39, 0.29) is 5.56 Å². The first-order valence-corrected chi connectivity index (χ1v) is 7.03. The molecule has 0 fully saturated rings. The summed E-state index contributed by atoms with van der Waals surface area (Å²) in [6, 6.07) is 7.14. The zero-order valence-corrected chi connectivity index (χ0v) is 12.3. The third-order valence-corrected chi connectivity index (χ3v) is 3.56. The number of rotatable bonds is 2. The van der Waals surface area contributed by atoms with Crippen molar-refractivity contribution in [3.63, 3.8) is 0 Å². The number of aromatic nitrogens is 6. The van der Waals surface area contributed by atoms with Crippen molar-refractivity contribution in [3.05, 3.63) is 71.6 Å². The molecule has 0 aromatic carbocycles. The van der Waals surface area contributed by atoms with Crippen molar-refractivity contribution >= 4 is 11.0 Å². The molecule has 0 saturated heterocycles. The topological polar surface area (TPSA) is 78.5 Å². The number of nitrogens with zero attached hydrogens (tertiary/aromatic N) is 6. The lowest BCUT2D eigenvalue weighted by atomic mass is 10.3. The SMILES string of the molecule is Cc1nc2ccc(-n3ccnc3)nc2c(=O)n1-c1ccncc1. The van der Waals surface area contributed by atoms with Crippen LogP contribution in [0, 0.1) is 6.92 Å². The molecule has 7 nitrogen and oxygen atoms in total. The summed E-state index contributed by atoms with van der Waals surface area (Å²) in [4.78, 5) is 29.8. The maximum absolute atomic E-state index is 12.9. The Morgan fingerprint density at radius 1 is 0.957 bits per heavy atom. The minimum Gasteiger partial charge on any atom is -0.291 e. The average Bonchev–Trinajstić information content (AvgIpc) is 3.10. The monoisotopic (exact) mass is 304 g/mol. The molecule has 23 heavy (non-hydrogen) atoms. The number of hydrogen-bond donors (Lipinski definition) is 0. The van der Waals surface area contributed by atoms with Gasteiger partial charge in [-0.1, -0.05) is 0 Å². The van der Waals surface area contributed by atoms with Crippen LogP contribution in [0.2, 0.25) is 0 Å². The molecule has 0 radical (unpaired) electrons. The molecule has 0 amide bonds. The summed E-state index contributed by atoms with van der Waals surface area (Å²) >= 11 is 0. The van der Waals surface area contributed by atoms with E-state index < -0.39 is 0 Å². The number of fused-ring (bicyclic) bond motifs is 1. The molecular weight excluding hydrogens is 292 g/mol. The molecule has 112 valence electrons. The van der Waals surface area contributed by atoms with E-state index in [2.05, 4.69) is 19.9 Å². The van der Waals surface area contributed by atoms with Gasteiger partial charge in [0.05, 0.1) is 11.2 Å². The van der Waals surface area contributed by atoms with Crippen LogP contribution in [0.3, 0.4) is 0 Å². The minimum absolute atomic E-state index is 0.208. The van der Waals surface area contributed by atoms with E-state index in [1.807, 2.05) is 6.07 Å². The fourth-order valence-electron chi connectivity index (χ4n) is 2.50. The maximum atomic E-state index is 12.9. The highest BCUT2D eigenvalue weighted by Gasteiger charge is 2.12. The number of aryl methyl sites for hydroxylation is 1. The van der Waals surface area contributed by atoms with Crippen molar-refractivity contribution in [2.45, 2.75) is 6.92 Å². The van der Waals surface area contributed by atoms with E-state index in [0.29, 0.717) is 28.4 Å². The van der Waals surface area contributed by atoms with Crippen molar-refractivity contribution in [2.75, 3.05) is 0 Å². The van der Waals surface area contributed by atoms with Gasteiger partial charge in [0.15, 0.2) is 5.52 Å². The van der Waals surface area contributed by atoms with Gasteiger partial charge < -0.3 is 0 Å². The third kappa shape index (κ3) is 2.18. The summed E-state index contributed by atoms with van der Waals surface area (Å²) in [6.07, 6.45) is 8.35. The summed E-state index contributed by atoms with van der Waals surface area (Å²) in [6.45, 7) is 1.80. The highest BCUT2D eigenvalue weighted by Crippen LogP contribution is 2.13. The van der Waals surface area contributed by atoms with Crippen LogP contribution in [0.25, 0.3) is 22.5 Å². The Morgan fingerprint density at radius 3 is 2.52 bits per heavy atom. The summed E-state index contributed by atoms with van der Waals surface area (Å²) in [5, 5.41) is 0. The number of imidazole rings is 1. The van der Waals surface area contributed by atoms with Gasteiger partial charge in [-0.05, 0) is 31.2 Å². The number of hydrogen-bond acceptors (Lipinski definition) is 5. The maximum Gasteiger partial charge on any atom is 0.284 e. The Labute approximate surface area is 130 Å². The molecule has 0 saturated carbocycles. The van der Waals surface area contributed by atoms with Crippen LogP contribution in [0.15, 0.2) is 60.2 Å². The van der Waals surface area contributed by atoms with E-state index in [4.69, 9.17) is 0 Å². The van der Waals surface area contributed by atoms with E-state index >= 15 is 0 Å². The molecule has 0 aliphatic carbocycles. The van der Waals surface area contributed by atoms with Crippen molar-refractivity contribution in [1.82, 2.24) is 29.1 Å². The zero-order valence-electron chi connectivity index (χ0n) is 12.3. The molecule has 4 aromatic rings. The summed E-state index contributed by atoms with van der Waals surface area (Å²) in [5.74, 6) is 1.23. The first kappa shape index (κ1) is 13.3. The van der Waals surface area contributed by atoms with Crippen LogP contribution in [0.4, 0.5) is 0 Å². The Kier molecular flexibility index (Phi) is 2.97. The van der Waals surface area contributed by atoms with Crippen LogP contribution >= 0.6 is 0 Å². The highest BCUT2D eigenvalue weighted by molar-refractivity contribution is 5.74. The molecule has 0 N–H and O–H groups in total. The van der Waals surface area contributed by atoms with Crippen LogP contribution in [0.5, 0.6) is 0 Å². The molecule has 0 spiro atoms. The van der Waals surface area contributed by atoms with E-state index in [0.717, 1.165) is 0 Å². The largest absolute Gasteiger partial charge is 0.291 e. The summed E-state index contributed by atoms with van der Waals surface area (Å²) in [5.41, 5.74) is 1.40. The van der Waals surface area contributed by atoms with E-state index in [9.17, 15) is 4.79 Å². The summed E-state index contributed by atoms with van der Waals surface area (Å²) in [7, 11) is 0. The van der Waals surface area contributed by atoms with Crippen molar-refractivity contribution in [2.24, 2.45) is 0 Å². The molecule has 4 aromatic heterocycles. The lowest BCUT2D eigenvalue weighted by Gasteiger charge is -2.10. The molecule has 0 bridgehead atoms. The molecule has 4 heterocycles. The zero-order chi connectivity index (χ0) is 15.8. The first-order chi connectivity index (χ1) is 11.2. The average molecular weight is 304 g/mol. The lowest BCUT2D eigenvalue weighted by Crippen LogP contribution is -2.23. The Morgan fingerprint density at radius 2 is 1.78 bits per heavy atom. The minimum atomic E-state index is -0.208. The standard InChI is InChI=1S/C16H12N6O/c1-11-19-13-2-3-14(21-9-8-18-10-21)20-15(13)16(23)22(11)12-4-6-17-7-5-12/h2-10H,1H3. The number of pyridine rings is 2. The molecule has 7 heteroatoms. The van der Waals surface area contributed by atoms with Crippen molar-refractivity contribution in [1.29, 1.82) is 0 Å². The predicted octanol–water partition coefficient (Wildman–Crippen LogP) is 1.67. The Balaban J connectivity index is 2.01.